The molecule has 1 unspecified atom stereocenters. The minimum atomic E-state index is -0.612. The van der Waals surface area contributed by atoms with E-state index in [1.54, 1.807) is 13.8 Å². The van der Waals surface area contributed by atoms with Crippen LogP contribution < -0.4 is 0 Å². The largest absolute Gasteiger partial charge is 0.459 e. The van der Waals surface area contributed by atoms with E-state index in [2.05, 4.69) is 13.2 Å². The molecule has 0 spiro atoms. The number of hydrogen-bond donors (Lipinski definition) is 0. The van der Waals surface area contributed by atoms with Crippen molar-refractivity contribution in [3.8, 4) is 0 Å². The summed E-state index contributed by atoms with van der Waals surface area (Å²) < 4.78 is 10.7. The maximum absolute atomic E-state index is 11.5. The lowest BCUT2D eigenvalue weighted by Crippen LogP contribution is -2.30. The van der Waals surface area contributed by atoms with Crippen LogP contribution >= 0.6 is 0 Å². The predicted molar refractivity (Wildman–Crippen MR) is 79.2 cm³/mol. The van der Waals surface area contributed by atoms with Crippen molar-refractivity contribution in [2.24, 2.45) is 0 Å². The van der Waals surface area contributed by atoms with Gasteiger partial charge in [0, 0.05) is 11.1 Å². The monoisotopic (exact) mass is 282 g/mol. The molecule has 0 amide bonds. The second-order valence-electron chi connectivity index (χ2n) is 5.68. The highest BCUT2D eigenvalue weighted by atomic mass is 16.6. The van der Waals surface area contributed by atoms with Crippen molar-refractivity contribution in [1.29, 1.82) is 0 Å². The van der Waals surface area contributed by atoms with E-state index in [1.807, 2.05) is 20.8 Å². The molecule has 4 nitrogen and oxygen atoms in total. The summed E-state index contributed by atoms with van der Waals surface area (Å²) >= 11 is 0. The quantitative estimate of drug-likeness (QED) is 0.504. The fourth-order valence-electron chi connectivity index (χ4n) is 1.50. The smallest absolute Gasteiger partial charge is 0.333 e. The summed E-state index contributed by atoms with van der Waals surface area (Å²) in [6.07, 6.45) is 1.76. The Labute approximate surface area is 121 Å². The minimum Gasteiger partial charge on any atom is -0.459 e. The van der Waals surface area contributed by atoms with Crippen LogP contribution in [0, 0.1) is 0 Å². The molecule has 0 fully saturated rings. The van der Waals surface area contributed by atoms with Gasteiger partial charge in [-0.1, -0.05) is 20.1 Å². The van der Waals surface area contributed by atoms with Gasteiger partial charge in [-0.15, -0.1) is 0 Å². The maximum atomic E-state index is 11.5. The van der Waals surface area contributed by atoms with Crippen LogP contribution in [0.4, 0.5) is 0 Å². The number of carbonyl (C=O) groups excluding carboxylic acids is 2. The molecule has 20 heavy (non-hydrogen) atoms. The molecule has 0 saturated carbocycles. The third kappa shape index (κ3) is 7.12. The summed E-state index contributed by atoms with van der Waals surface area (Å²) in [6.45, 7) is 16.0. The molecule has 0 rings (SSSR count). The van der Waals surface area contributed by atoms with E-state index in [0.717, 1.165) is 0 Å². The first-order valence-electron chi connectivity index (χ1n) is 6.84. The summed E-state index contributed by atoms with van der Waals surface area (Å²) in [4.78, 5) is 23.0. The highest BCUT2D eigenvalue weighted by molar-refractivity contribution is 5.87. The average Bonchev–Trinajstić information content (AvgIpc) is 2.33. The lowest BCUT2D eigenvalue weighted by Gasteiger charge is -2.27. The Morgan fingerprint density at radius 3 is 2.00 bits per heavy atom. The van der Waals surface area contributed by atoms with Crippen LogP contribution in [0.25, 0.3) is 0 Å². The van der Waals surface area contributed by atoms with Crippen molar-refractivity contribution in [2.75, 3.05) is 0 Å². The van der Waals surface area contributed by atoms with Gasteiger partial charge in [-0.2, -0.15) is 0 Å². The number of hydrogen-bond acceptors (Lipinski definition) is 4. The van der Waals surface area contributed by atoms with E-state index in [4.69, 9.17) is 9.47 Å². The summed E-state index contributed by atoms with van der Waals surface area (Å²) in [5, 5.41) is 0. The zero-order chi connectivity index (χ0) is 15.9. The van der Waals surface area contributed by atoms with Gasteiger partial charge in [-0.05, 0) is 47.0 Å². The van der Waals surface area contributed by atoms with Gasteiger partial charge < -0.3 is 9.47 Å². The molecule has 0 aliphatic carbocycles. The molecule has 0 heterocycles. The first-order valence-corrected chi connectivity index (χ1v) is 6.84. The molecule has 0 radical (unpaired) electrons. The van der Waals surface area contributed by atoms with Gasteiger partial charge in [0.2, 0.25) is 0 Å². The van der Waals surface area contributed by atoms with Crippen molar-refractivity contribution in [3.05, 3.63) is 24.3 Å². The van der Waals surface area contributed by atoms with Crippen molar-refractivity contribution >= 4 is 11.9 Å². The summed E-state index contributed by atoms with van der Waals surface area (Å²) in [6, 6.07) is 0. The topological polar surface area (TPSA) is 52.6 Å². The fraction of sp³-hybridized carbons (Fsp3) is 0.625. The third-order valence-corrected chi connectivity index (χ3v) is 2.86. The van der Waals surface area contributed by atoms with Gasteiger partial charge in [-0.25, -0.2) is 9.59 Å². The van der Waals surface area contributed by atoms with Gasteiger partial charge in [-0.3, -0.25) is 0 Å². The number of esters is 2. The minimum absolute atomic E-state index is 0.193. The maximum Gasteiger partial charge on any atom is 0.333 e. The molecule has 0 N–H and O–H groups in total. The first-order chi connectivity index (χ1) is 9.09. The number of rotatable bonds is 8. The van der Waals surface area contributed by atoms with Crippen LogP contribution in [0.1, 0.15) is 53.9 Å². The first kappa shape index (κ1) is 18.4. The van der Waals surface area contributed by atoms with Crippen molar-refractivity contribution in [1.82, 2.24) is 0 Å². The zero-order valence-electron chi connectivity index (χ0n) is 13.2. The summed E-state index contributed by atoms with van der Waals surface area (Å²) in [5.74, 6) is -0.782. The summed E-state index contributed by atoms with van der Waals surface area (Å²) in [5.41, 5.74) is 0.147. The Balaban J connectivity index is 4.41. The molecule has 0 aliphatic heterocycles. The average molecular weight is 282 g/mol. The van der Waals surface area contributed by atoms with Crippen LogP contribution in [0.15, 0.2) is 24.3 Å². The van der Waals surface area contributed by atoms with E-state index in [0.29, 0.717) is 30.4 Å². The standard InChI is InChI=1S/C16H26O4/c1-8-13(19-14(17)11(2)3)9-10-16(6,7)20-15(18)12(4)5/h13H,2,4,8-10H2,1,3,5-7H3. The Morgan fingerprint density at radius 1 is 1.10 bits per heavy atom. The van der Waals surface area contributed by atoms with Gasteiger partial charge in [0.15, 0.2) is 0 Å². The van der Waals surface area contributed by atoms with Gasteiger partial charge in [0.05, 0.1) is 0 Å². The Kier molecular flexibility index (Phi) is 7.25. The molecule has 0 saturated heterocycles. The van der Waals surface area contributed by atoms with E-state index in [-0.39, 0.29) is 12.1 Å². The highest BCUT2D eigenvalue weighted by Crippen LogP contribution is 2.21. The molecule has 0 aromatic rings. The third-order valence-electron chi connectivity index (χ3n) is 2.86. The predicted octanol–water partition coefficient (Wildman–Crippen LogP) is 3.56. The molecule has 4 heteroatoms. The number of ether oxygens (including phenoxy) is 2. The lowest BCUT2D eigenvalue weighted by molar-refractivity contribution is -0.154. The molecule has 0 aliphatic rings. The fourth-order valence-corrected chi connectivity index (χ4v) is 1.50. The van der Waals surface area contributed by atoms with Crippen LogP contribution in [0.5, 0.6) is 0 Å². The normalized spacial score (nSPS) is 12.4. The van der Waals surface area contributed by atoms with Gasteiger partial charge in [0.25, 0.3) is 0 Å². The van der Waals surface area contributed by atoms with E-state index < -0.39 is 11.6 Å². The SMILES string of the molecule is C=C(C)C(=O)OC(CC)CCC(C)(C)OC(=O)C(=C)C. The molecule has 0 aromatic heterocycles. The van der Waals surface area contributed by atoms with Gasteiger partial charge in [0.1, 0.15) is 11.7 Å². The second-order valence-corrected chi connectivity index (χ2v) is 5.68. The van der Waals surface area contributed by atoms with Crippen molar-refractivity contribution in [2.45, 2.75) is 65.6 Å². The van der Waals surface area contributed by atoms with E-state index in [1.165, 1.54) is 0 Å². The number of carbonyl (C=O) groups is 2. The van der Waals surface area contributed by atoms with Crippen molar-refractivity contribution in [3.63, 3.8) is 0 Å². The van der Waals surface area contributed by atoms with E-state index in [9.17, 15) is 9.59 Å². The van der Waals surface area contributed by atoms with Crippen molar-refractivity contribution < 1.29 is 19.1 Å². The van der Waals surface area contributed by atoms with Crippen LogP contribution in [0.3, 0.4) is 0 Å². The zero-order valence-corrected chi connectivity index (χ0v) is 13.2. The Bertz CT molecular complexity index is 393. The molecule has 0 aromatic carbocycles. The Morgan fingerprint density at radius 2 is 1.60 bits per heavy atom. The van der Waals surface area contributed by atoms with Crippen LogP contribution in [0.2, 0.25) is 0 Å². The molecule has 1 atom stereocenters. The molecule has 0 bridgehead atoms. The summed E-state index contributed by atoms with van der Waals surface area (Å²) in [7, 11) is 0. The highest BCUT2D eigenvalue weighted by Gasteiger charge is 2.25. The second kappa shape index (κ2) is 7.88. The molecule has 114 valence electrons. The Hall–Kier alpha value is -1.58. The lowest BCUT2D eigenvalue weighted by atomic mass is 9.98. The molecular weight excluding hydrogens is 256 g/mol. The van der Waals surface area contributed by atoms with Crippen LogP contribution in [-0.4, -0.2) is 23.6 Å². The van der Waals surface area contributed by atoms with Gasteiger partial charge >= 0.3 is 11.9 Å². The molecular formula is C16H26O4. The van der Waals surface area contributed by atoms with Crippen LogP contribution in [-0.2, 0) is 19.1 Å². The van der Waals surface area contributed by atoms with E-state index >= 15 is 0 Å².